The molecule has 0 spiro atoms. The molecule has 2 aromatic heterocycles. The highest BCUT2D eigenvalue weighted by Crippen LogP contribution is 2.33. The van der Waals surface area contributed by atoms with E-state index in [1.165, 1.54) is 5.56 Å². The zero-order valence-corrected chi connectivity index (χ0v) is 17.0. The second-order valence-corrected chi connectivity index (χ2v) is 7.52. The van der Waals surface area contributed by atoms with Crippen molar-refractivity contribution in [2.24, 2.45) is 0 Å². The van der Waals surface area contributed by atoms with E-state index >= 15 is 0 Å². The molecule has 0 atom stereocenters. The van der Waals surface area contributed by atoms with Crippen LogP contribution in [-0.4, -0.2) is 14.5 Å². The summed E-state index contributed by atoms with van der Waals surface area (Å²) in [5, 5.41) is 1.53. The number of nitrogens with two attached hydrogens (primary N) is 1. The average Bonchev–Trinajstić information content (AvgIpc) is 2.71. The Hall–Kier alpha value is -2.89. The molecule has 0 saturated heterocycles. The molecule has 0 fully saturated rings. The number of pyridine rings is 1. The first-order chi connectivity index (χ1) is 14.0. The van der Waals surface area contributed by atoms with Crippen LogP contribution in [0.25, 0.3) is 22.2 Å². The second kappa shape index (κ2) is 8.23. The molecule has 0 unspecified atom stereocenters. The molecule has 0 radical (unpaired) electrons. The molecule has 146 valence electrons. The zero-order valence-electron chi connectivity index (χ0n) is 15.5. The largest absolute Gasteiger partial charge is 0.368 e. The number of aromatic nitrogens is 3. The van der Waals surface area contributed by atoms with Gasteiger partial charge < -0.3 is 5.73 Å². The van der Waals surface area contributed by atoms with Gasteiger partial charge in [0.05, 0.1) is 15.6 Å². The molecule has 4 rings (SSSR count). The summed E-state index contributed by atoms with van der Waals surface area (Å²) in [6.07, 6.45) is 3.22. The summed E-state index contributed by atoms with van der Waals surface area (Å²) >= 11 is 12.7. The summed E-state index contributed by atoms with van der Waals surface area (Å²) in [6.45, 7) is 0.483. The standard InChI is InChI=1S/C22H18Cl2N4O/c23-17-9-4-10-18(24)19(17)16-12-15-13-26-22(25)27-20(15)28(21(16)29)11-5-8-14-6-2-1-3-7-14/h1-4,6-7,9-10,12-13H,5,8,11H2,(H2,25,26,27). The van der Waals surface area contributed by atoms with Gasteiger partial charge in [0.25, 0.3) is 5.56 Å². The lowest BCUT2D eigenvalue weighted by Gasteiger charge is -2.14. The molecule has 0 aliphatic rings. The van der Waals surface area contributed by atoms with Crippen LogP contribution in [0.4, 0.5) is 5.95 Å². The molecular formula is C22H18Cl2N4O. The number of benzene rings is 2. The van der Waals surface area contributed by atoms with E-state index in [0.717, 1.165) is 12.8 Å². The Morgan fingerprint density at radius 3 is 2.45 bits per heavy atom. The van der Waals surface area contributed by atoms with E-state index in [1.807, 2.05) is 18.2 Å². The topological polar surface area (TPSA) is 73.8 Å². The van der Waals surface area contributed by atoms with Crippen molar-refractivity contribution in [3.63, 3.8) is 0 Å². The van der Waals surface area contributed by atoms with Gasteiger partial charge in [-0.15, -0.1) is 0 Å². The molecular weight excluding hydrogens is 407 g/mol. The number of fused-ring (bicyclic) bond motifs is 1. The molecule has 29 heavy (non-hydrogen) atoms. The van der Waals surface area contributed by atoms with E-state index in [9.17, 15) is 4.79 Å². The van der Waals surface area contributed by atoms with E-state index < -0.39 is 0 Å². The van der Waals surface area contributed by atoms with Crippen LogP contribution in [0.15, 0.2) is 65.6 Å². The number of hydrogen-bond acceptors (Lipinski definition) is 4. The van der Waals surface area contributed by atoms with Crippen LogP contribution in [0.5, 0.6) is 0 Å². The van der Waals surface area contributed by atoms with E-state index in [-0.39, 0.29) is 11.5 Å². The Balaban J connectivity index is 1.82. The van der Waals surface area contributed by atoms with Crippen LogP contribution < -0.4 is 11.3 Å². The maximum absolute atomic E-state index is 13.4. The molecule has 2 aromatic carbocycles. The summed E-state index contributed by atoms with van der Waals surface area (Å²) in [7, 11) is 0. The highest BCUT2D eigenvalue weighted by molar-refractivity contribution is 6.39. The van der Waals surface area contributed by atoms with Crippen molar-refractivity contribution in [2.75, 3.05) is 5.73 Å². The third kappa shape index (κ3) is 3.97. The first-order valence-corrected chi connectivity index (χ1v) is 9.94. The van der Waals surface area contributed by atoms with E-state index in [1.54, 1.807) is 35.0 Å². The fraction of sp³-hybridized carbons (Fsp3) is 0.136. The van der Waals surface area contributed by atoms with Crippen LogP contribution in [-0.2, 0) is 13.0 Å². The van der Waals surface area contributed by atoms with Gasteiger partial charge >= 0.3 is 0 Å². The third-order valence-corrected chi connectivity index (χ3v) is 5.40. The minimum Gasteiger partial charge on any atom is -0.368 e. The van der Waals surface area contributed by atoms with Crippen molar-refractivity contribution in [1.29, 1.82) is 0 Å². The summed E-state index contributed by atoms with van der Waals surface area (Å²) in [5.41, 5.74) is 8.21. The van der Waals surface area contributed by atoms with Crippen LogP contribution in [0.2, 0.25) is 10.0 Å². The van der Waals surface area contributed by atoms with Gasteiger partial charge in [-0.3, -0.25) is 9.36 Å². The van der Waals surface area contributed by atoms with E-state index in [4.69, 9.17) is 28.9 Å². The lowest BCUT2D eigenvalue weighted by Crippen LogP contribution is -2.24. The number of nitrogens with zero attached hydrogens (tertiary/aromatic N) is 3. The molecule has 2 heterocycles. The number of anilines is 1. The molecule has 0 bridgehead atoms. The average molecular weight is 425 g/mol. The number of nitrogen functional groups attached to an aromatic ring is 1. The van der Waals surface area contributed by atoms with Gasteiger partial charge in [-0.25, -0.2) is 4.98 Å². The van der Waals surface area contributed by atoms with Crippen molar-refractivity contribution in [2.45, 2.75) is 19.4 Å². The van der Waals surface area contributed by atoms with Gasteiger partial charge in [0.2, 0.25) is 5.95 Å². The van der Waals surface area contributed by atoms with Crippen LogP contribution >= 0.6 is 23.2 Å². The molecule has 0 saturated carbocycles. The number of rotatable bonds is 5. The lowest BCUT2D eigenvalue weighted by molar-refractivity contribution is 0.638. The molecule has 7 heteroatoms. The molecule has 0 aliphatic carbocycles. The van der Waals surface area contributed by atoms with Crippen LogP contribution in [0, 0.1) is 0 Å². The zero-order chi connectivity index (χ0) is 20.4. The number of hydrogen-bond donors (Lipinski definition) is 1. The highest BCUT2D eigenvalue weighted by Gasteiger charge is 2.17. The minimum atomic E-state index is -0.210. The second-order valence-electron chi connectivity index (χ2n) is 6.71. The smallest absolute Gasteiger partial charge is 0.260 e. The van der Waals surface area contributed by atoms with Gasteiger partial charge in [-0.2, -0.15) is 4.98 Å². The van der Waals surface area contributed by atoms with Crippen molar-refractivity contribution in [3.8, 4) is 11.1 Å². The SMILES string of the molecule is Nc1ncc2cc(-c3c(Cl)cccc3Cl)c(=O)n(CCCc3ccccc3)c2n1. The quantitative estimate of drug-likeness (QED) is 0.490. The van der Waals surface area contributed by atoms with Crippen molar-refractivity contribution < 1.29 is 0 Å². The van der Waals surface area contributed by atoms with Crippen molar-refractivity contribution in [3.05, 3.63) is 86.8 Å². The summed E-state index contributed by atoms with van der Waals surface area (Å²) < 4.78 is 1.63. The molecule has 5 nitrogen and oxygen atoms in total. The Morgan fingerprint density at radius 1 is 1.00 bits per heavy atom. The normalized spacial score (nSPS) is 11.1. The maximum atomic E-state index is 13.4. The molecule has 0 aliphatic heterocycles. The van der Waals surface area contributed by atoms with Gasteiger partial charge in [0.15, 0.2) is 0 Å². The van der Waals surface area contributed by atoms with Gasteiger partial charge in [-0.05, 0) is 36.6 Å². The molecule has 2 N–H and O–H groups in total. The summed E-state index contributed by atoms with van der Waals surface area (Å²) in [6, 6.07) is 17.0. The monoisotopic (exact) mass is 424 g/mol. The Kier molecular flexibility index (Phi) is 5.51. The predicted molar refractivity (Wildman–Crippen MR) is 118 cm³/mol. The lowest BCUT2D eigenvalue weighted by atomic mass is 10.1. The Bertz CT molecular complexity index is 1220. The fourth-order valence-corrected chi connectivity index (χ4v) is 4.00. The van der Waals surface area contributed by atoms with Crippen molar-refractivity contribution in [1.82, 2.24) is 14.5 Å². The van der Waals surface area contributed by atoms with E-state index in [0.29, 0.717) is 38.8 Å². The number of aryl methyl sites for hydroxylation is 2. The predicted octanol–water partition coefficient (Wildman–Crippen LogP) is 4.98. The van der Waals surface area contributed by atoms with Crippen LogP contribution in [0.3, 0.4) is 0 Å². The minimum absolute atomic E-state index is 0.122. The Labute approximate surface area is 177 Å². The highest BCUT2D eigenvalue weighted by atomic mass is 35.5. The molecule has 0 amide bonds. The first-order valence-electron chi connectivity index (χ1n) is 9.19. The molecule has 4 aromatic rings. The number of halogens is 2. The maximum Gasteiger partial charge on any atom is 0.260 e. The van der Waals surface area contributed by atoms with Crippen molar-refractivity contribution >= 4 is 40.2 Å². The Morgan fingerprint density at radius 2 is 1.72 bits per heavy atom. The third-order valence-electron chi connectivity index (χ3n) is 4.77. The van der Waals surface area contributed by atoms with E-state index in [2.05, 4.69) is 22.1 Å². The summed E-state index contributed by atoms with van der Waals surface area (Å²) in [4.78, 5) is 21.8. The van der Waals surface area contributed by atoms with Gasteiger partial charge in [0.1, 0.15) is 5.65 Å². The first kappa shape index (κ1) is 19.4. The summed E-state index contributed by atoms with van der Waals surface area (Å²) in [5.74, 6) is 0.122. The van der Waals surface area contributed by atoms with Crippen LogP contribution in [0.1, 0.15) is 12.0 Å². The van der Waals surface area contributed by atoms with Gasteiger partial charge in [0, 0.05) is 23.7 Å². The fourth-order valence-electron chi connectivity index (χ4n) is 3.40. The van der Waals surface area contributed by atoms with Gasteiger partial charge in [-0.1, -0.05) is 59.6 Å².